The first-order valence-electron chi connectivity index (χ1n) is 7.29. The van der Waals surface area contributed by atoms with Crippen LogP contribution in [0.2, 0.25) is 0 Å². The summed E-state index contributed by atoms with van der Waals surface area (Å²) in [5.41, 5.74) is 4.15. The zero-order chi connectivity index (χ0) is 14.4. The van der Waals surface area contributed by atoms with Crippen LogP contribution < -0.4 is 5.32 Å². The van der Waals surface area contributed by atoms with E-state index >= 15 is 0 Å². The van der Waals surface area contributed by atoms with Crippen molar-refractivity contribution in [1.82, 2.24) is 5.32 Å². The predicted molar refractivity (Wildman–Crippen MR) is 90.1 cm³/mol. The highest BCUT2D eigenvalue weighted by molar-refractivity contribution is 9.10. The number of likely N-dealkylation sites (N-methyl/N-ethyl adjacent to an activating group) is 1. The lowest BCUT2D eigenvalue weighted by Crippen LogP contribution is -2.23. The van der Waals surface area contributed by atoms with E-state index in [-0.39, 0.29) is 0 Å². The lowest BCUT2D eigenvalue weighted by molar-refractivity contribution is 0.549. The molecule has 0 aromatic heterocycles. The number of rotatable bonds is 6. The van der Waals surface area contributed by atoms with E-state index in [9.17, 15) is 0 Å². The van der Waals surface area contributed by atoms with Crippen molar-refractivity contribution in [2.45, 2.75) is 32.7 Å². The van der Waals surface area contributed by atoms with Crippen molar-refractivity contribution in [3.8, 4) is 0 Å². The summed E-state index contributed by atoms with van der Waals surface area (Å²) >= 11 is 3.49. The van der Waals surface area contributed by atoms with Crippen LogP contribution in [0.3, 0.4) is 0 Å². The number of hydrogen-bond acceptors (Lipinski definition) is 1. The predicted octanol–water partition coefficient (Wildman–Crippen LogP) is 4.90. The van der Waals surface area contributed by atoms with Crippen LogP contribution in [0.5, 0.6) is 0 Å². The maximum Gasteiger partial charge on any atom is 0.0360 e. The molecule has 1 nitrogen and oxygen atoms in total. The highest BCUT2D eigenvalue weighted by atomic mass is 79.9. The van der Waals surface area contributed by atoms with Gasteiger partial charge in [0, 0.05) is 10.5 Å². The molecule has 2 aromatic carbocycles. The van der Waals surface area contributed by atoms with Gasteiger partial charge in [0.2, 0.25) is 0 Å². The second-order valence-corrected chi connectivity index (χ2v) is 5.96. The molecule has 0 aliphatic carbocycles. The van der Waals surface area contributed by atoms with E-state index in [0.29, 0.717) is 6.04 Å². The third-order valence-corrected chi connectivity index (χ3v) is 4.09. The Morgan fingerprint density at radius 2 is 1.75 bits per heavy atom. The van der Waals surface area contributed by atoms with Gasteiger partial charge in [-0.25, -0.2) is 0 Å². The van der Waals surface area contributed by atoms with Gasteiger partial charge in [-0.05, 0) is 48.2 Å². The van der Waals surface area contributed by atoms with Crippen LogP contribution in [0.1, 0.15) is 36.6 Å². The minimum Gasteiger partial charge on any atom is -0.310 e. The van der Waals surface area contributed by atoms with Gasteiger partial charge < -0.3 is 5.32 Å². The molecule has 0 saturated heterocycles. The van der Waals surface area contributed by atoms with Gasteiger partial charge >= 0.3 is 0 Å². The summed E-state index contributed by atoms with van der Waals surface area (Å²) < 4.78 is 1.13. The van der Waals surface area contributed by atoms with Gasteiger partial charge in [-0.15, -0.1) is 0 Å². The Hall–Kier alpha value is -1.12. The minimum atomic E-state index is 0.382. The Morgan fingerprint density at radius 1 is 1.00 bits per heavy atom. The zero-order valence-corrected chi connectivity index (χ0v) is 13.8. The zero-order valence-electron chi connectivity index (χ0n) is 12.2. The van der Waals surface area contributed by atoms with Gasteiger partial charge in [0.05, 0.1) is 0 Å². The topological polar surface area (TPSA) is 12.0 Å². The molecule has 0 saturated carbocycles. The van der Waals surface area contributed by atoms with Gasteiger partial charge in [0.15, 0.2) is 0 Å². The van der Waals surface area contributed by atoms with Crippen LogP contribution in [-0.2, 0) is 12.8 Å². The van der Waals surface area contributed by atoms with Gasteiger partial charge in [0.25, 0.3) is 0 Å². The molecular weight excluding hydrogens is 310 g/mol. The molecule has 2 heteroatoms. The van der Waals surface area contributed by atoms with Crippen molar-refractivity contribution in [2.75, 3.05) is 6.54 Å². The van der Waals surface area contributed by atoms with Gasteiger partial charge in [0.1, 0.15) is 0 Å². The van der Waals surface area contributed by atoms with Gasteiger partial charge in [-0.1, -0.05) is 66.2 Å². The summed E-state index contributed by atoms with van der Waals surface area (Å²) in [7, 11) is 0. The van der Waals surface area contributed by atoms with Crippen molar-refractivity contribution in [2.24, 2.45) is 0 Å². The molecular formula is C18H22BrN. The summed E-state index contributed by atoms with van der Waals surface area (Å²) in [5.74, 6) is 0. The van der Waals surface area contributed by atoms with Gasteiger partial charge in [-0.2, -0.15) is 0 Å². The number of halogens is 1. The van der Waals surface area contributed by atoms with Crippen LogP contribution >= 0.6 is 15.9 Å². The van der Waals surface area contributed by atoms with Crippen molar-refractivity contribution in [3.63, 3.8) is 0 Å². The molecule has 0 amide bonds. The number of nitrogens with one attached hydrogen (secondary N) is 1. The molecule has 2 aromatic rings. The Morgan fingerprint density at radius 3 is 2.40 bits per heavy atom. The first-order chi connectivity index (χ1) is 9.72. The molecule has 0 aliphatic heterocycles. The summed E-state index contributed by atoms with van der Waals surface area (Å²) in [6.07, 6.45) is 2.11. The lowest BCUT2D eigenvalue weighted by Gasteiger charge is -2.19. The van der Waals surface area contributed by atoms with E-state index in [0.717, 1.165) is 23.9 Å². The first-order valence-corrected chi connectivity index (χ1v) is 8.09. The second kappa shape index (κ2) is 7.61. The number of hydrogen-bond donors (Lipinski definition) is 1. The van der Waals surface area contributed by atoms with Crippen molar-refractivity contribution >= 4 is 15.9 Å². The fourth-order valence-electron chi connectivity index (χ4n) is 2.44. The summed E-state index contributed by atoms with van der Waals surface area (Å²) in [6.45, 7) is 5.35. The Labute approximate surface area is 130 Å². The molecule has 1 unspecified atom stereocenters. The molecule has 20 heavy (non-hydrogen) atoms. The van der Waals surface area contributed by atoms with Crippen molar-refractivity contribution in [1.29, 1.82) is 0 Å². The highest BCUT2D eigenvalue weighted by Gasteiger charge is 2.11. The Bertz CT molecular complexity index is 533. The van der Waals surface area contributed by atoms with E-state index in [1.54, 1.807) is 0 Å². The lowest BCUT2D eigenvalue weighted by atomic mass is 9.97. The molecule has 0 heterocycles. The maximum atomic E-state index is 3.60. The molecule has 0 bridgehead atoms. The smallest absolute Gasteiger partial charge is 0.0360 e. The van der Waals surface area contributed by atoms with Crippen LogP contribution in [0.25, 0.3) is 0 Å². The Kier molecular flexibility index (Phi) is 5.81. The Balaban J connectivity index is 2.19. The van der Waals surface area contributed by atoms with E-state index in [1.165, 1.54) is 16.7 Å². The van der Waals surface area contributed by atoms with Crippen LogP contribution in [0, 0.1) is 0 Å². The number of benzene rings is 2. The monoisotopic (exact) mass is 331 g/mol. The van der Waals surface area contributed by atoms with Crippen LogP contribution in [-0.4, -0.2) is 6.54 Å². The quantitative estimate of drug-likeness (QED) is 0.793. The fourth-order valence-corrected chi connectivity index (χ4v) is 2.70. The average molecular weight is 332 g/mol. The largest absolute Gasteiger partial charge is 0.310 e. The number of aryl methyl sites for hydroxylation is 1. The molecule has 0 radical (unpaired) electrons. The van der Waals surface area contributed by atoms with Crippen molar-refractivity contribution < 1.29 is 0 Å². The average Bonchev–Trinajstić information content (AvgIpc) is 2.49. The van der Waals surface area contributed by atoms with Crippen molar-refractivity contribution in [3.05, 3.63) is 69.7 Å². The SMILES string of the molecule is CCNC(Cc1ccc(Br)cc1)c1cccc(CC)c1. The van der Waals surface area contributed by atoms with E-state index in [2.05, 4.69) is 83.6 Å². The summed E-state index contributed by atoms with van der Waals surface area (Å²) in [4.78, 5) is 0. The molecule has 106 valence electrons. The molecule has 0 fully saturated rings. The normalized spacial score (nSPS) is 12.3. The van der Waals surface area contributed by atoms with E-state index in [1.807, 2.05) is 0 Å². The van der Waals surface area contributed by atoms with Gasteiger partial charge in [-0.3, -0.25) is 0 Å². The van der Waals surface area contributed by atoms with E-state index < -0.39 is 0 Å². The van der Waals surface area contributed by atoms with E-state index in [4.69, 9.17) is 0 Å². The summed E-state index contributed by atoms with van der Waals surface area (Å²) in [6, 6.07) is 17.9. The van der Waals surface area contributed by atoms with Crippen LogP contribution in [0.4, 0.5) is 0 Å². The van der Waals surface area contributed by atoms with Crippen LogP contribution in [0.15, 0.2) is 53.0 Å². The third-order valence-electron chi connectivity index (χ3n) is 3.57. The molecule has 0 spiro atoms. The second-order valence-electron chi connectivity index (χ2n) is 5.04. The molecule has 0 aliphatic rings. The minimum absolute atomic E-state index is 0.382. The molecule has 2 rings (SSSR count). The molecule has 1 atom stereocenters. The molecule has 1 N–H and O–H groups in total. The maximum absolute atomic E-state index is 3.60. The summed E-state index contributed by atoms with van der Waals surface area (Å²) in [5, 5.41) is 3.60. The first kappa shape index (κ1) is 15.3. The standard InChI is InChI=1S/C18H22BrN/c1-3-14-6-5-7-16(12-14)18(20-4-2)13-15-8-10-17(19)11-9-15/h5-12,18,20H,3-4,13H2,1-2H3. The highest BCUT2D eigenvalue weighted by Crippen LogP contribution is 2.21. The fraction of sp³-hybridized carbons (Fsp3) is 0.333. The third kappa shape index (κ3) is 4.19.